The predicted octanol–water partition coefficient (Wildman–Crippen LogP) is 2.77. The van der Waals surface area contributed by atoms with Crippen LogP contribution in [0.4, 0.5) is 0 Å². The Hall–Kier alpha value is -1.65. The first-order chi connectivity index (χ1) is 10.3. The lowest BCUT2D eigenvalue weighted by Crippen LogP contribution is -2.34. The molecule has 4 nitrogen and oxygen atoms in total. The third-order valence-corrected chi connectivity index (χ3v) is 3.75. The summed E-state index contributed by atoms with van der Waals surface area (Å²) in [5, 5.41) is 4.53. The molecule has 1 fully saturated rings. The van der Waals surface area contributed by atoms with E-state index in [2.05, 4.69) is 29.4 Å². The van der Waals surface area contributed by atoms with Gasteiger partial charge in [0, 0.05) is 31.3 Å². The topological polar surface area (TPSA) is 43.4 Å². The molecule has 2 atom stereocenters. The van der Waals surface area contributed by atoms with Crippen LogP contribution < -0.4 is 10.1 Å². The number of nitrogens with zero attached hydrogens (tertiary/aromatic N) is 1. The molecule has 21 heavy (non-hydrogen) atoms. The molecule has 0 aliphatic carbocycles. The van der Waals surface area contributed by atoms with Crippen molar-refractivity contribution in [3.8, 4) is 5.75 Å². The minimum atomic E-state index is 0.0963. The Labute approximate surface area is 125 Å². The van der Waals surface area contributed by atoms with Gasteiger partial charge in [0.1, 0.15) is 17.4 Å². The monoisotopic (exact) mass is 286 g/mol. The van der Waals surface area contributed by atoms with E-state index < -0.39 is 0 Å². The molecule has 1 N–H and O–H groups in total. The number of hydrogen-bond acceptors (Lipinski definition) is 4. The summed E-state index contributed by atoms with van der Waals surface area (Å²) >= 11 is 0. The van der Waals surface area contributed by atoms with Crippen molar-refractivity contribution < 1.29 is 9.47 Å². The van der Waals surface area contributed by atoms with E-state index >= 15 is 0 Å². The number of pyridine rings is 1. The van der Waals surface area contributed by atoms with Crippen molar-refractivity contribution in [2.75, 3.05) is 19.7 Å². The first-order valence-electron chi connectivity index (χ1n) is 7.65. The summed E-state index contributed by atoms with van der Waals surface area (Å²) in [6.07, 6.45) is 4.61. The Balaban J connectivity index is 1.54. The molecule has 1 aromatic heterocycles. The maximum Gasteiger partial charge on any atom is 0.145 e. The molecule has 0 spiro atoms. The number of hydrogen-bond donors (Lipinski definition) is 1. The number of rotatable bonds is 6. The molecule has 2 unspecified atom stereocenters. The Morgan fingerprint density at radius 2 is 2.29 bits per heavy atom. The van der Waals surface area contributed by atoms with E-state index in [9.17, 15) is 0 Å². The minimum Gasteiger partial charge on any atom is -0.487 e. The normalized spacial score (nSPS) is 19.8. The van der Waals surface area contributed by atoms with Crippen LogP contribution in [-0.2, 0) is 4.74 Å². The van der Waals surface area contributed by atoms with Gasteiger partial charge in [-0.1, -0.05) is 18.2 Å². The number of benzene rings is 1. The van der Waals surface area contributed by atoms with E-state index in [1.54, 1.807) is 6.20 Å². The fraction of sp³-hybridized carbons (Fsp3) is 0.471. The Morgan fingerprint density at radius 3 is 3.14 bits per heavy atom. The van der Waals surface area contributed by atoms with Crippen molar-refractivity contribution in [2.45, 2.75) is 32.0 Å². The first kappa shape index (κ1) is 14.3. The zero-order valence-electron chi connectivity index (χ0n) is 12.4. The summed E-state index contributed by atoms with van der Waals surface area (Å²) in [6, 6.07) is 10.0. The van der Waals surface area contributed by atoms with Crippen molar-refractivity contribution in [3.63, 3.8) is 0 Å². The van der Waals surface area contributed by atoms with Crippen molar-refractivity contribution in [1.82, 2.24) is 10.3 Å². The maximum absolute atomic E-state index is 6.03. The Kier molecular flexibility index (Phi) is 4.68. The fourth-order valence-corrected chi connectivity index (χ4v) is 2.68. The van der Waals surface area contributed by atoms with Crippen LogP contribution in [0.3, 0.4) is 0 Å². The second kappa shape index (κ2) is 6.87. The third kappa shape index (κ3) is 3.71. The lowest BCUT2D eigenvalue weighted by Gasteiger charge is -2.18. The third-order valence-electron chi connectivity index (χ3n) is 3.75. The van der Waals surface area contributed by atoms with Crippen molar-refractivity contribution in [2.24, 2.45) is 0 Å². The van der Waals surface area contributed by atoms with Crippen LogP contribution in [-0.4, -0.2) is 36.9 Å². The summed E-state index contributed by atoms with van der Waals surface area (Å²) in [5.41, 5.74) is 0.922. The van der Waals surface area contributed by atoms with Crippen LogP contribution in [0.15, 0.2) is 36.5 Å². The molecule has 3 rings (SSSR count). The highest BCUT2D eigenvalue weighted by molar-refractivity contribution is 5.84. The van der Waals surface area contributed by atoms with Crippen molar-refractivity contribution in [1.29, 1.82) is 0 Å². The molecule has 0 amide bonds. The molecule has 1 aromatic carbocycles. The molecule has 0 saturated carbocycles. The van der Waals surface area contributed by atoms with Gasteiger partial charge in [-0.15, -0.1) is 0 Å². The molecule has 2 aromatic rings. The van der Waals surface area contributed by atoms with E-state index in [-0.39, 0.29) is 6.10 Å². The number of ether oxygens (including phenoxy) is 2. The second-order valence-corrected chi connectivity index (χ2v) is 5.55. The van der Waals surface area contributed by atoms with Gasteiger partial charge in [0.05, 0.1) is 6.10 Å². The molecule has 4 heteroatoms. The zero-order valence-corrected chi connectivity index (χ0v) is 12.4. The van der Waals surface area contributed by atoms with E-state index in [1.807, 2.05) is 18.2 Å². The van der Waals surface area contributed by atoms with Crippen LogP contribution >= 0.6 is 0 Å². The van der Waals surface area contributed by atoms with E-state index in [0.29, 0.717) is 6.10 Å². The van der Waals surface area contributed by atoms with Gasteiger partial charge in [-0.25, -0.2) is 0 Å². The molecular weight excluding hydrogens is 264 g/mol. The molecule has 2 heterocycles. The van der Waals surface area contributed by atoms with Crippen LogP contribution in [0.25, 0.3) is 10.9 Å². The number of fused-ring (bicyclic) bond motifs is 1. The Morgan fingerprint density at radius 1 is 1.38 bits per heavy atom. The molecule has 1 aliphatic rings. The summed E-state index contributed by atoms with van der Waals surface area (Å²) in [5.74, 6) is 0.847. The smallest absolute Gasteiger partial charge is 0.145 e. The lowest BCUT2D eigenvalue weighted by molar-refractivity contribution is 0.106. The molecule has 1 saturated heterocycles. The number of para-hydroxylation sites is 1. The molecule has 112 valence electrons. The average Bonchev–Trinajstić information content (AvgIpc) is 3.01. The van der Waals surface area contributed by atoms with E-state index in [1.165, 1.54) is 6.42 Å². The lowest BCUT2D eigenvalue weighted by atomic mass is 10.2. The van der Waals surface area contributed by atoms with E-state index in [0.717, 1.165) is 42.8 Å². The number of aromatic nitrogens is 1. The van der Waals surface area contributed by atoms with Gasteiger partial charge in [0.15, 0.2) is 0 Å². The van der Waals surface area contributed by atoms with Gasteiger partial charge < -0.3 is 14.8 Å². The minimum absolute atomic E-state index is 0.0963. The van der Waals surface area contributed by atoms with Crippen LogP contribution in [0.5, 0.6) is 5.75 Å². The molecule has 1 aliphatic heterocycles. The zero-order chi connectivity index (χ0) is 14.5. The number of nitrogens with one attached hydrogen (secondary N) is 1. The van der Waals surface area contributed by atoms with Crippen LogP contribution in [0.1, 0.15) is 19.8 Å². The van der Waals surface area contributed by atoms with Gasteiger partial charge in [0.2, 0.25) is 0 Å². The first-order valence-corrected chi connectivity index (χ1v) is 7.65. The van der Waals surface area contributed by atoms with E-state index in [4.69, 9.17) is 9.47 Å². The van der Waals surface area contributed by atoms with Gasteiger partial charge in [-0.05, 0) is 31.9 Å². The average molecular weight is 286 g/mol. The quantitative estimate of drug-likeness (QED) is 0.887. The van der Waals surface area contributed by atoms with Crippen LogP contribution in [0.2, 0.25) is 0 Å². The molecule has 0 bridgehead atoms. The summed E-state index contributed by atoms with van der Waals surface area (Å²) in [4.78, 5) is 4.41. The van der Waals surface area contributed by atoms with Gasteiger partial charge >= 0.3 is 0 Å². The highest BCUT2D eigenvalue weighted by atomic mass is 16.5. The predicted molar refractivity (Wildman–Crippen MR) is 83.7 cm³/mol. The summed E-state index contributed by atoms with van der Waals surface area (Å²) in [7, 11) is 0. The van der Waals surface area contributed by atoms with Gasteiger partial charge in [0.25, 0.3) is 0 Å². The second-order valence-electron chi connectivity index (χ2n) is 5.55. The SMILES string of the molecule is CC(CNCC1CCCO1)Oc1cccc2cccnc12. The maximum atomic E-state index is 6.03. The standard InChI is InChI=1S/C17H22N2O2/c1-13(11-18-12-15-7-4-10-20-15)21-16-8-2-5-14-6-3-9-19-17(14)16/h2-3,5-6,8-9,13,15,18H,4,7,10-12H2,1H3. The van der Waals surface area contributed by atoms with Crippen molar-refractivity contribution >= 4 is 10.9 Å². The molecular formula is C17H22N2O2. The van der Waals surface area contributed by atoms with Gasteiger partial charge in [-0.2, -0.15) is 0 Å². The van der Waals surface area contributed by atoms with Gasteiger partial charge in [-0.3, -0.25) is 4.98 Å². The fourth-order valence-electron chi connectivity index (χ4n) is 2.68. The molecule has 0 radical (unpaired) electrons. The highest BCUT2D eigenvalue weighted by Gasteiger charge is 2.15. The summed E-state index contributed by atoms with van der Waals surface area (Å²) in [6.45, 7) is 4.69. The summed E-state index contributed by atoms with van der Waals surface area (Å²) < 4.78 is 11.6. The highest BCUT2D eigenvalue weighted by Crippen LogP contribution is 2.23. The largest absolute Gasteiger partial charge is 0.487 e. The Bertz CT molecular complexity index is 577. The van der Waals surface area contributed by atoms with Crippen LogP contribution in [0, 0.1) is 0 Å². The van der Waals surface area contributed by atoms with Crippen molar-refractivity contribution in [3.05, 3.63) is 36.5 Å².